The first-order valence-corrected chi connectivity index (χ1v) is 11.3. The van der Waals surface area contributed by atoms with Gasteiger partial charge in [-0.05, 0) is 29.7 Å². The van der Waals surface area contributed by atoms with Crippen molar-refractivity contribution >= 4 is 17.3 Å². The molecular formula is C25H26FN5O3. The lowest BCUT2D eigenvalue weighted by molar-refractivity contribution is 0.0501. The molecule has 2 aromatic carbocycles. The van der Waals surface area contributed by atoms with Gasteiger partial charge in [-0.25, -0.2) is 4.39 Å². The molecule has 3 heterocycles. The molecular weight excluding hydrogens is 437 g/mol. The number of ether oxygens (including phenoxy) is 1. The Morgan fingerprint density at radius 1 is 1.12 bits per heavy atom. The van der Waals surface area contributed by atoms with E-state index in [9.17, 15) is 14.3 Å². The van der Waals surface area contributed by atoms with Crippen LogP contribution in [0.5, 0.6) is 5.75 Å². The number of halogens is 1. The van der Waals surface area contributed by atoms with Gasteiger partial charge in [-0.1, -0.05) is 24.3 Å². The van der Waals surface area contributed by atoms with Gasteiger partial charge in [0.2, 0.25) is 0 Å². The summed E-state index contributed by atoms with van der Waals surface area (Å²) < 4.78 is 20.3. The minimum atomic E-state index is -0.711. The Bertz CT molecular complexity index is 1180. The molecule has 34 heavy (non-hydrogen) atoms. The zero-order valence-corrected chi connectivity index (χ0v) is 18.7. The number of aliphatic hydroxyl groups excluding tert-OH is 1. The first-order chi connectivity index (χ1) is 16.6. The SMILES string of the molecule is O=C1c2cc(Nc3ccnnc3)c(F)cc2OCCN1CC(O)CN1CCc2ccccc2C1. The highest BCUT2D eigenvalue weighted by molar-refractivity contribution is 5.98. The molecule has 8 nitrogen and oxygen atoms in total. The van der Waals surface area contributed by atoms with Crippen LogP contribution in [0.2, 0.25) is 0 Å². The quantitative estimate of drug-likeness (QED) is 0.581. The maximum Gasteiger partial charge on any atom is 0.257 e. The van der Waals surface area contributed by atoms with E-state index in [0.717, 1.165) is 19.5 Å². The molecule has 0 radical (unpaired) electrons. The molecule has 1 atom stereocenters. The van der Waals surface area contributed by atoms with Crippen LogP contribution < -0.4 is 10.1 Å². The Morgan fingerprint density at radius 3 is 2.79 bits per heavy atom. The molecule has 9 heteroatoms. The number of aromatic nitrogens is 2. The first kappa shape index (κ1) is 22.2. The fourth-order valence-corrected chi connectivity index (χ4v) is 4.49. The number of amides is 1. The molecule has 0 saturated heterocycles. The summed E-state index contributed by atoms with van der Waals surface area (Å²) >= 11 is 0. The third-order valence-corrected chi connectivity index (χ3v) is 6.18. The van der Waals surface area contributed by atoms with Crippen molar-refractivity contribution in [2.45, 2.75) is 19.1 Å². The highest BCUT2D eigenvalue weighted by Crippen LogP contribution is 2.31. The summed E-state index contributed by atoms with van der Waals surface area (Å²) in [5, 5.41) is 21.2. The van der Waals surface area contributed by atoms with Crippen LogP contribution in [0.15, 0.2) is 54.9 Å². The van der Waals surface area contributed by atoms with Gasteiger partial charge in [0, 0.05) is 32.2 Å². The molecule has 2 N–H and O–H groups in total. The smallest absolute Gasteiger partial charge is 0.257 e. The number of aliphatic hydroxyl groups is 1. The van der Waals surface area contributed by atoms with Crippen molar-refractivity contribution in [1.29, 1.82) is 0 Å². The fourth-order valence-electron chi connectivity index (χ4n) is 4.49. The van der Waals surface area contributed by atoms with Gasteiger partial charge in [-0.3, -0.25) is 9.69 Å². The van der Waals surface area contributed by atoms with Gasteiger partial charge in [0.25, 0.3) is 5.91 Å². The number of carbonyl (C=O) groups excluding carboxylic acids is 1. The summed E-state index contributed by atoms with van der Waals surface area (Å²) in [6.45, 7) is 2.83. The molecule has 2 aliphatic heterocycles. The van der Waals surface area contributed by atoms with Gasteiger partial charge >= 0.3 is 0 Å². The van der Waals surface area contributed by atoms with Crippen LogP contribution in [0.1, 0.15) is 21.5 Å². The van der Waals surface area contributed by atoms with E-state index >= 15 is 0 Å². The number of fused-ring (bicyclic) bond motifs is 2. The van der Waals surface area contributed by atoms with Crippen LogP contribution in [-0.4, -0.2) is 69.9 Å². The molecule has 1 unspecified atom stereocenters. The average Bonchev–Trinajstić information content (AvgIpc) is 2.98. The maximum absolute atomic E-state index is 14.6. The molecule has 1 amide bonds. The summed E-state index contributed by atoms with van der Waals surface area (Å²) in [5.74, 6) is -0.640. The van der Waals surface area contributed by atoms with Gasteiger partial charge in [-0.15, -0.1) is 0 Å². The van der Waals surface area contributed by atoms with Crippen LogP contribution in [0.4, 0.5) is 15.8 Å². The van der Waals surface area contributed by atoms with Gasteiger partial charge in [-0.2, -0.15) is 10.2 Å². The Labute approximate surface area is 197 Å². The molecule has 5 rings (SSSR count). The number of benzene rings is 2. The van der Waals surface area contributed by atoms with Crippen LogP contribution >= 0.6 is 0 Å². The number of anilines is 2. The summed E-state index contributed by atoms with van der Waals surface area (Å²) in [4.78, 5) is 17.1. The first-order valence-electron chi connectivity index (χ1n) is 11.3. The predicted octanol–water partition coefficient (Wildman–Crippen LogP) is 2.61. The van der Waals surface area contributed by atoms with E-state index in [0.29, 0.717) is 18.8 Å². The second kappa shape index (κ2) is 9.74. The van der Waals surface area contributed by atoms with E-state index in [1.807, 2.05) is 6.07 Å². The lowest BCUT2D eigenvalue weighted by Gasteiger charge is -2.32. The Balaban J connectivity index is 1.27. The highest BCUT2D eigenvalue weighted by atomic mass is 19.1. The molecule has 3 aromatic rings. The Kier molecular flexibility index (Phi) is 6.37. The van der Waals surface area contributed by atoms with Crippen molar-refractivity contribution in [2.24, 2.45) is 0 Å². The minimum absolute atomic E-state index is 0.137. The molecule has 0 spiro atoms. The number of β-amino-alcohol motifs (C(OH)–C–C–N with tert-alkyl or cyclic N) is 1. The molecule has 1 aromatic heterocycles. The minimum Gasteiger partial charge on any atom is -0.491 e. The molecule has 0 fully saturated rings. The van der Waals surface area contributed by atoms with Gasteiger partial charge in [0.05, 0.1) is 42.0 Å². The summed E-state index contributed by atoms with van der Waals surface area (Å²) in [7, 11) is 0. The zero-order chi connectivity index (χ0) is 23.5. The van der Waals surface area contributed by atoms with E-state index < -0.39 is 11.9 Å². The predicted molar refractivity (Wildman–Crippen MR) is 125 cm³/mol. The number of rotatable bonds is 6. The van der Waals surface area contributed by atoms with E-state index in [2.05, 4.69) is 38.6 Å². The highest BCUT2D eigenvalue weighted by Gasteiger charge is 2.28. The van der Waals surface area contributed by atoms with E-state index in [-0.39, 0.29) is 36.1 Å². The second-order valence-corrected chi connectivity index (χ2v) is 8.59. The largest absolute Gasteiger partial charge is 0.491 e. The lowest BCUT2D eigenvalue weighted by atomic mass is 10.00. The summed E-state index contributed by atoms with van der Waals surface area (Å²) in [6, 6.07) is 12.7. The fraction of sp³-hybridized carbons (Fsp3) is 0.320. The maximum atomic E-state index is 14.6. The number of hydrogen-bond donors (Lipinski definition) is 2. The lowest BCUT2D eigenvalue weighted by Crippen LogP contribution is -2.44. The standard InChI is InChI=1S/C25H26FN5O3/c26-22-12-24-21(11-23(22)29-19-5-7-27-28-13-19)25(33)31(9-10-34-24)16-20(32)15-30-8-6-17-3-1-2-4-18(17)14-30/h1-5,7,11-13,20,32H,6,8-10,14-16H2,(H,27,29). The monoisotopic (exact) mass is 463 g/mol. The van der Waals surface area contributed by atoms with Crippen molar-refractivity contribution in [1.82, 2.24) is 20.0 Å². The van der Waals surface area contributed by atoms with Crippen molar-refractivity contribution in [3.05, 3.63) is 77.4 Å². The number of hydrogen-bond acceptors (Lipinski definition) is 7. The van der Waals surface area contributed by atoms with Crippen LogP contribution in [-0.2, 0) is 13.0 Å². The third-order valence-electron chi connectivity index (χ3n) is 6.18. The van der Waals surface area contributed by atoms with E-state index in [4.69, 9.17) is 4.74 Å². The van der Waals surface area contributed by atoms with Gasteiger partial charge in [0.1, 0.15) is 18.2 Å². The molecule has 0 bridgehead atoms. The molecule has 0 saturated carbocycles. The normalized spacial score (nSPS) is 16.8. The molecule has 176 valence electrons. The second-order valence-electron chi connectivity index (χ2n) is 8.59. The zero-order valence-electron chi connectivity index (χ0n) is 18.7. The number of nitrogens with zero attached hydrogens (tertiary/aromatic N) is 4. The summed E-state index contributed by atoms with van der Waals surface area (Å²) in [5.41, 5.74) is 3.57. The van der Waals surface area contributed by atoms with Crippen molar-refractivity contribution < 1.29 is 19.0 Å². The van der Waals surface area contributed by atoms with Crippen molar-refractivity contribution in [2.75, 3.05) is 38.1 Å². The molecule has 0 aliphatic carbocycles. The summed E-state index contributed by atoms with van der Waals surface area (Å²) in [6.07, 6.45) is 3.19. The van der Waals surface area contributed by atoms with Crippen LogP contribution in [0, 0.1) is 5.82 Å². The topological polar surface area (TPSA) is 90.8 Å². The number of nitrogens with one attached hydrogen (secondary N) is 1. The Hall–Kier alpha value is -3.56. The van der Waals surface area contributed by atoms with Crippen LogP contribution in [0.3, 0.4) is 0 Å². The average molecular weight is 464 g/mol. The van der Waals surface area contributed by atoms with Crippen LogP contribution in [0.25, 0.3) is 0 Å². The molecule has 2 aliphatic rings. The van der Waals surface area contributed by atoms with Gasteiger partial charge < -0.3 is 20.1 Å². The van der Waals surface area contributed by atoms with Gasteiger partial charge in [0.15, 0.2) is 0 Å². The number of carbonyl (C=O) groups is 1. The Morgan fingerprint density at radius 2 is 1.97 bits per heavy atom. The van der Waals surface area contributed by atoms with E-state index in [1.54, 1.807) is 11.0 Å². The van der Waals surface area contributed by atoms with Crippen molar-refractivity contribution in [3.63, 3.8) is 0 Å². The van der Waals surface area contributed by atoms with E-state index in [1.165, 1.54) is 35.7 Å². The van der Waals surface area contributed by atoms with Crippen molar-refractivity contribution in [3.8, 4) is 5.75 Å². The third kappa shape index (κ3) is 4.85.